The van der Waals surface area contributed by atoms with Gasteiger partial charge in [-0.2, -0.15) is 0 Å². The Hall–Kier alpha value is -1.34. The SMILES string of the molecule is CCNC(=NCc1ccc(Cl)nc1)NCC(O)c1ccc(Cl)s1. The van der Waals surface area contributed by atoms with Gasteiger partial charge in [-0.1, -0.05) is 29.3 Å². The molecule has 0 spiro atoms. The van der Waals surface area contributed by atoms with Gasteiger partial charge in [0.25, 0.3) is 0 Å². The largest absolute Gasteiger partial charge is 0.386 e. The van der Waals surface area contributed by atoms with Gasteiger partial charge in [0.1, 0.15) is 11.3 Å². The van der Waals surface area contributed by atoms with Crippen LogP contribution in [-0.4, -0.2) is 29.1 Å². The Labute approximate surface area is 149 Å². The number of nitrogens with zero attached hydrogens (tertiary/aromatic N) is 2. The van der Waals surface area contributed by atoms with Crippen molar-refractivity contribution in [3.8, 4) is 0 Å². The smallest absolute Gasteiger partial charge is 0.191 e. The summed E-state index contributed by atoms with van der Waals surface area (Å²) in [4.78, 5) is 9.30. The highest BCUT2D eigenvalue weighted by Gasteiger charge is 2.10. The van der Waals surface area contributed by atoms with Crippen LogP contribution in [-0.2, 0) is 6.54 Å². The maximum absolute atomic E-state index is 10.1. The minimum atomic E-state index is -0.631. The van der Waals surface area contributed by atoms with E-state index in [4.69, 9.17) is 23.2 Å². The quantitative estimate of drug-likeness (QED) is 0.413. The van der Waals surface area contributed by atoms with Gasteiger partial charge in [0.15, 0.2) is 5.96 Å². The lowest BCUT2D eigenvalue weighted by atomic mass is 10.3. The van der Waals surface area contributed by atoms with Crippen LogP contribution >= 0.6 is 34.5 Å². The zero-order valence-corrected chi connectivity index (χ0v) is 14.9. The highest BCUT2D eigenvalue weighted by atomic mass is 35.5. The maximum Gasteiger partial charge on any atom is 0.191 e. The summed E-state index contributed by atoms with van der Waals surface area (Å²) >= 11 is 13.0. The Balaban J connectivity index is 1.92. The molecule has 0 saturated carbocycles. The number of aliphatic hydroxyl groups is 1. The van der Waals surface area contributed by atoms with Crippen molar-refractivity contribution in [3.63, 3.8) is 0 Å². The number of nitrogens with one attached hydrogen (secondary N) is 2. The molecule has 0 amide bonds. The van der Waals surface area contributed by atoms with Gasteiger partial charge < -0.3 is 15.7 Å². The lowest BCUT2D eigenvalue weighted by Crippen LogP contribution is -2.39. The number of aromatic nitrogens is 1. The molecule has 2 rings (SSSR count). The topological polar surface area (TPSA) is 69.5 Å². The molecule has 8 heteroatoms. The van der Waals surface area contributed by atoms with E-state index in [2.05, 4.69) is 20.6 Å². The molecule has 0 aromatic carbocycles. The van der Waals surface area contributed by atoms with Crippen LogP contribution < -0.4 is 10.6 Å². The summed E-state index contributed by atoms with van der Waals surface area (Å²) < 4.78 is 0.662. The fourth-order valence-electron chi connectivity index (χ4n) is 1.81. The number of hydrogen-bond donors (Lipinski definition) is 3. The Kier molecular flexibility index (Phi) is 7.11. The normalized spacial score (nSPS) is 13.0. The molecule has 23 heavy (non-hydrogen) atoms. The molecule has 1 atom stereocenters. The molecule has 2 aromatic rings. The van der Waals surface area contributed by atoms with Crippen molar-refractivity contribution in [2.75, 3.05) is 13.1 Å². The van der Waals surface area contributed by atoms with E-state index >= 15 is 0 Å². The predicted octanol–water partition coefficient (Wildman–Crippen LogP) is 3.24. The summed E-state index contributed by atoms with van der Waals surface area (Å²) in [5.74, 6) is 0.629. The number of hydrogen-bond acceptors (Lipinski definition) is 4. The van der Waals surface area contributed by atoms with Gasteiger partial charge in [0, 0.05) is 24.2 Å². The molecule has 0 aliphatic rings. The Bertz CT molecular complexity index is 645. The van der Waals surface area contributed by atoms with Gasteiger partial charge >= 0.3 is 0 Å². The molecule has 0 aliphatic heterocycles. The Morgan fingerprint density at radius 3 is 2.74 bits per heavy atom. The van der Waals surface area contributed by atoms with E-state index < -0.39 is 6.10 Å². The lowest BCUT2D eigenvalue weighted by molar-refractivity contribution is 0.184. The van der Waals surface area contributed by atoms with E-state index in [-0.39, 0.29) is 0 Å². The van der Waals surface area contributed by atoms with E-state index in [1.54, 1.807) is 18.3 Å². The molecule has 2 aromatic heterocycles. The molecular weight excluding hydrogens is 355 g/mol. The highest BCUT2D eigenvalue weighted by Crippen LogP contribution is 2.26. The van der Waals surface area contributed by atoms with Crippen molar-refractivity contribution in [1.29, 1.82) is 0 Å². The Morgan fingerprint density at radius 1 is 1.30 bits per heavy atom. The van der Waals surface area contributed by atoms with E-state index in [0.29, 0.717) is 28.5 Å². The summed E-state index contributed by atoms with van der Waals surface area (Å²) in [6.45, 7) is 3.53. The van der Waals surface area contributed by atoms with Crippen molar-refractivity contribution in [2.45, 2.75) is 19.6 Å². The van der Waals surface area contributed by atoms with E-state index in [1.807, 2.05) is 19.1 Å². The Morgan fingerprint density at radius 2 is 2.13 bits per heavy atom. The molecule has 0 aliphatic carbocycles. The van der Waals surface area contributed by atoms with E-state index in [0.717, 1.165) is 17.0 Å². The first kappa shape index (κ1) is 18.0. The van der Waals surface area contributed by atoms with Gasteiger partial charge in [-0.25, -0.2) is 9.98 Å². The first-order valence-electron chi connectivity index (χ1n) is 7.14. The first-order chi connectivity index (χ1) is 11.1. The zero-order chi connectivity index (χ0) is 16.7. The highest BCUT2D eigenvalue weighted by molar-refractivity contribution is 7.16. The van der Waals surface area contributed by atoms with Crippen LogP contribution in [0.25, 0.3) is 0 Å². The average Bonchev–Trinajstić information content (AvgIpc) is 2.98. The van der Waals surface area contributed by atoms with Crippen LogP contribution in [0.15, 0.2) is 35.5 Å². The van der Waals surface area contributed by atoms with E-state index in [9.17, 15) is 5.11 Å². The monoisotopic (exact) mass is 372 g/mol. The fourth-order valence-corrected chi connectivity index (χ4v) is 2.97. The second kappa shape index (κ2) is 9.08. The van der Waals surface area contributed by atoms with Gasteiger partial charge in [-0.15, -0.1) is 11.3 Å². The van der Waals surface area contributed by atoms with Crippen LogP contribution in [0.5, 0.6) is 0 Å². The van der Waals surface area contributed by atoms with E-state index in [1.165, 1.54) is 11.3 Å². The molecule has 0 radical (unpaired) electrons. The van der Waals surface area contributed by atoms with Gasteiger partial charge in [-0.05, 0) is 30.7 Å². The minimum Gasteiger partial charge on any atom is -0.386 e. The van der Waals surface area contributed by atoms with Crippen molar-refractivity contribution < 1.29 is 5.11 Å². The number of halogens is 2. The summed E-state index contributed by atoms with van der Waals surface area (Å²) in [6, 6.07) is 7.21. The van der Waals surface area contributed by atoms with Crippen LogP contribution in [0.1, 0.15) is 23.5 Å². The molecule has 0 fully saturated rings. The number of thiophene rings is 1. The van der Waals surface area contributed by atoms with Crippen LogP contribution in [0.3, 0.4) is 0 Å². The number of aliphatic hydroxyl groups excluding tert-OH is 1. The maximum atomic E-state index is 10.1. The van der Waals surface area contributed by atoms with Crippen molar-refractivity contribution in [3.05, 3.63) is 50.4 Å². The van der Waals surface area contributed by atoms with Gasteiger partial charge in [0.2, 0.25) is 0 Å². The molecular formula is C15H18Cl2N4OS. The summed E-state index contributed by atoms with van der Waals surface area (Å²) in [7, 11) is 0. The summed E-state index contributed by atoms with van der Waals surface area (Å²) in [5.41, 5.74) is 0.956. The molecule has 124 valence electrons. The number of guanidine groups is 1. The van der Waals surface area contributed by atoms with Crippen LogP contribution in [0.4, 0.5) is 0 Å². The summed E-state index contributed by atoms with van der Waals surface area (Å²) in [6.07, 6.45) is 1.06. The predicted molar refractivity (Wildman–Crippen MR) is 96.4 cm³/mol. The van der Waals surface area contributed by atoms with Crippen LogP contribution in [0.2, 0.25) is 9.49 Å². The molecule has 0 bridgehead atoms. The second-order valence-corrected chi connectivity index (χ2v) is 6.86. The molecule has 5 nitrogen and oxygen atoms in total. The second-order valence-electron chi connectivity index (χ2n) is 4.72. The van der Waals surface area contributed by atoms with Crippen LogP contribution in [0, 0.1) is 0 Å². The fraction of sp³-hybridized carbons (Fsp3) is 0.333. The van der Waals surface area contributed by atoms with Gasteiger partial charge in [0.05, 0.1) is 10.9 Å². The number of pyridine rings is 1. The molecule has 3 N–H and O–H groups in total. The third-order valence-electron chi connectivity index (χ3n) is 2.94. The molecule has 2 heterocycles. The third-order valence-corrected chi connectivity index (χ3v) is 4.49. The number of rotatable bonds is 6. The van der Waals surface area contributed by atoms with Gasteiger partial charge in [-0.3, -0.25) is 0 Å². The zero-order valence-electron chi connectivity index (χ0n) is 12.6. The number of aliphatic imine (C=N–C) groups is 1. The molecule has 1 unspecified atom stereocenters. The third kappa shape index (κ3) is 5.99. The minimum absolute atomic E-state index is 0.349. The average molecular weight is 373 g/mol. The van der Waals surface area contributed by atoms with Crippen molar-refractivity contribution in [1.82, 2.24) is 15.6 Å². The standard InChI is InChI=1S/C15H18Cl2N4OS/c1-2-18-15(20-8-10-3-5-13(16)19-7-10)21-9-11(22)12-4-6-14(17)23-12/h3-7,11,22H,2,8-9H2,1H3,(H2,18,20,21). The lowest BCUT2D eigenvalue weighted by Gasteiger charge is -2.14. The first-order valence-corrected chi connectivity index (χ1v) is 8.71. The molecule has 0 saturated heterocycles. The summed E-state index contributed by atoms with van der Waals surface area (Å²) in [5, 5.41) is 16.9. The van der Waals surface area contributed by atoms with Crippen molar-refractivity contribution >= 4 is 40.5 Å². The van der Waals surface area contributed by atoms with Crippen molar-refractivity contribution in [2.24, 2.45) is 4.99 Å².